The lowest BCUT2D eigenvalue weighted by molar-refractivity contribution is -0.115. The van der Waals surface area contributed by atoms with E-state index in [1.165, 1.54) is 18.2 Å². The molecule has 1 atom stereocenters. The molecule has 0 fully saturated rings. The SMILES string of the molecule is CCN(CC)C(C)OC(=O)NC(=N)c1cccc(N(CC(=O)Nc2ccc(-c3ccccc3S(N)(=O)=O)cc2)Cc2ccc(F)cc2)c1. The topological polar surface area (TPSA) is 158 Å². The van der Waals surface area contributed by atoms with Crippen molar-refractivity contribution in [2.45, 2.75) is 38.4 Å². The Labute approximate surface area is 280 Å². The number of primary sulfonamides is 1. The van der Waals surface area contributed by atoms with Crippen LogP contribution in [-0.4, -0.2) is 57.0 Å². The number of amides is 2. The third kappa shape index (κ3) is 9.70. The van der Waals surface area contributed by atoms with E-state index >= 15 is 0 Å². The van der Waals surface area contributed by atoms with E-state index in [9.17, 15) is 22.4 Å². The lowest BCUT2D eigenvalue weighted by atomic mass is 10.1. The number of anilines is 2. The Hall–Kier alpha value is -5.11. The number of carbonyl (C=O) groups is 2. The molecule has 11 nitrogen and oxygen atoms in total. The number of rotatable bonds is 13. The molecule has 2 amide bonds. The van der Waals surface area contributed by atoms with E-state index in [1.807, 2.05) is 18.7 Å². The highest BCUT2D eigenvalue weighted by molar-refractivity contribution is 7.89. The molecule has 0 aliphatic rings. The number of carbonyl (C=O) groups excluding carboxylic acids is 2. The highest BCUT2D eigenvalue weighted by Crippen LogP contribution is 2.28. The van der Waals surface area contributed by atoms with Gasteiger partial charge in [-0.2, -0.15) is 0 Å². The zero-order valence-corrected chi connectivity index (χ0v) is 27.8. The van der Waals surface area contributed by atoms with Gasteiger partial charge in [0.15, 0.2) is 6.23 Å². The molecule has 0 spiro atoms. The van der Waals surface area contributed by atoms with E-state index in [-0.39, 0.29) is 35.5 Å². The Morgan fingerprint density at radius 3 is 2.25 bits per heavy atom. The molecule has 0 heterocycles. The molecule has 0 bridgehead atoms. The fourth-order valence-corrected chi connectivity index (χ4v) is 5.90. The first-order valence-electron chi connectivity index (χ1n) is 15.3. The van der Waals surface area contributed by atoms with Crippen LogP contribution in [0.2, 0.25) is 0 Å². The van der Waals surface area contributed by atoms with E-state index in [4.69, 9.17) is 15.3 Å². The first-order valence-corrected chi connectivity index (χ1v) is 16.8. The number of amidine groups is 1. The Morgan fingerprint density at radius 2 is 1.60 bits per heavy atom. The number of nitrogens with zero attached hydrogens (tertiary/aromatic N) is 2. The molecule has 0 radical (unpaired) electrons. The number of sulfonamides is 1. The van der Waals surface area contributed by atoms with Gasteiger partial charge in [0.1, 0.15) is 11.7 Å². The zero-order chi connectivity index (χ0) is 34.8. The van der Waals surface area contributed by atoms with Crippen molar-refractivity contribution in [1.29, 1.82) is 5.41 Å². The summed E-state index contributed by atoms with van der Waals surface area (Å²) in [5, 5.41) is 19.2. The van der Waals surface area contributed by atoms with Gasteiger partial charge >= 0.3 is 6.09 Å². The summed E-state index contributed by atoms with van der Waals surface area (Å²) in [7, 11) is -3.94. The molecule has 252 valence electrons. The van der Waals surface area contributed by atoms with Crippen molar-refractivity contribution in [3.05, 3.63) is 114 Å². The van der Waals surface area contributed by atoms with Gasteiger partial charge in [0.05, 0.1) is 11.4 Å². The zero-order valence-electron chi connectivity index (χ0n) is 26.9. The van der Waals surface area contributed by atoms with Crippen LogP contribution in [0.3, 0.4) is 0 Å². The van der Waals surface area contributed by atoms with Gasteiger partial charge in [0.25, 0.3) is 0 Å². The summed E-state index contributed by atoms with van der Waals surface area (Å²) in [6.07, 6.45) is -1.23. The van der Waals surface area contributed by atoms with Crippen LogP contribution in [0.25, 0.3) is 11.1 Å². The largest absolute Gasteiger partial charge is 0.430 e. The quantitative estimate of drug-likeness (QED) is 0.0826. The number of hydrogen-bond acceptors (Lipinski definition) is 8. The number of alkyl carbamates (subject to hydrolysis) is 1. The average Bonchev–Trinajstić information content (AvgIpc) is 3.06. The fraction of sp³-hybridized carbons (Fsp3) is 0.229. The summed E-state index contributed by atoms with van der Waals surface area (Å²) in [4.78, 5) is 29.5. The maximum atomic E-state index is 13.6. The Bertz CT molecular complexity index is 1850. The fourth-order valence-electron chi connectivity index (χ4n) is 5.14. The molecule has 13 heteroatoms. The molecule has 0 aliphatic heterocycles. The van der Waals surface area contributed by atoms with Crippen molar-refractivity contribution < 1.29 is 27.1 Å². The number of nitrogens with two attached hydrogens (primary N) is 1. The predicted octanol–water partition coefficient (Wildman–Crippen LogP) is 5.52. The van der Waals surface area contributed by atoms with Crippen molar-refractivity contribution in [2.24, 2.45) is 5.14 Å². The van der Waals surface area contributed by atoms with Crippen molar-refractivity contribution in [3.63, 3.8) is 0 Å². The Morgan fingerprint density at radius 1 is 0.938 bits per heavy atom. The van der Waals surface area contributed by atoms with Gasteiger partial charge in [-0.1, -0.05) is 68.4 Å². The molecule has 4 aromatic carbocycles. The van der Waals surface area contributed by atoms with Crippen LogP contribution >= 0.6 is 0 Å². The van der Waals surface area contributed by atoms with Crippen LogP contribution in [-0.2, 0) is 26.1 Å². The number of hydrogen-bond donors (Lipinski definition) is 4. The summed E-state index contributed by atoms with van der Waals surface area (Å²) >= 11 is 0. The third-order valence-electron chi connectivity index (χ3n) is 7.63. The minimum atomic E-state index is -3.94. The van der Waals surface area contributed by atoms with Crippen LogP contribution in [0, 0.1) is 11.2 Å². The number of benzene rings is 4. The van der Waals surface area contributed by atoms with Crippen LogP contribution in [0.4, 0.5) is 20.6 Å². The Kier molecular flexibility index (Phi) is 12.0. The highest BCUT2D eigenvalue weighted by Gasteiger charge is 2.19. The first-order chi connectivity index (χ1) is 22.9. The van der Waals surface area contributed by atoms with Gasteiger partial charge in [0.2, 0.25) is 15.9 Å². The monoisotopic (exact) mass is 674 g/mol. The summed E-state index contributed by atoms with van der Waals surface area (Å²) < 4.78 is 43.2. The highest BCUT2D eigenvalue weighted by atomic mass is 32.2. The summed E-state index contributed by atoms with van der Waals surface area (Å²) in [5.74, 6) is -0.923. The van der Waals surface area contributed by atoms with Crippen LogP contribution in [0.1, 0.15) is 31.9 Å². The minimum absolute atomic E-state index is 0.00480. The van der Waals surface area contributed by atoms with Gasteiger partial charge < -0.3 is 15.0 Å². The van der Waals surface area contributed by atoms with Crippen molar-refractivity contribution in [2.75, 3.05) is 29.9 Å². The standard InChI is InChI=1S/C35H39FN6O5S/c1-4-41(5-2)24(3)47-35(44)40-34(37)27-9-8-10-30(21-27)42(22-25-13-17-28(36)18-14-25)23-33(43)39-29-19-15-26(16-20-29)31-11-6-7-12-32(31)48(38,45)46/h6-21,24H,4-5,22-23H2,1-3H3,(H,39,43)(H2,37,40,44)(H2,38,45,46). The molecule has 4 aromatic rings. The molecular formula is C35H39FN6O5S. The normalized spacial score (nSPS) is 11.9. The van der Waals surface area contributed by atoms with E-state index < -0.39 is 22.3 Å². The molecule has 0 aliphatic carbocycles. The first kappa shape index (κ1) is 35.7. The minimum Gasteiger partial charge on any atom is -0.430 e. The lowest BCUT2D eigenvalue weighted by Crippen LogP contribution is -2.40. The third-order valence-corrected chi connectivity index (χ3v) is 8.59. The van der Waals surface area contributed by atoms with Gasteiger partial charge in [-0.15, -0.1) is 0 Å². The van der Waals surface area contributed by atoms with Gasteiger partial charge in [-0.25, -0.2) is 22.7 Å². The molecule has 1 unspecified atom stereocenters. The van der Waals surface area contributed by atoms with Gasteiger partial charge in [-0.3, -0.25) is 20.4 Å². The maximum absolute atomic E-state index is 13.6. The maximum Gasteiger partial charge on any atom is 0.414 e. The van der Waals surface area contributed by atoms with Gasteiger partial charge in [0, 0.05) is 29.0 Å². The molecule has 0 saturated carbocycles. The van der Waals surface area contributed by atoms with E-state index in [2.05, 4.69) is 10.6 Å². The summed E-state index contributed by atoms with van der Waals surface area (Å²) in [6, 6.07) is 25.8. The molecule has 0 aromatic heterocycles. The molecular weight excluding hydrogens is 635 g/mol. The van der Waals surface area contributed by atoms with Gasteiger partial charge in [-0.05, 0) is 73.6 Å². The number of halogens is 1. The lowest BCUT2D eigenvalue weighted by Gasteiger charge is -2.26. The second-order valence-corrected chi connectivity index (χ2v) is 12.5. The summed E-state index contributed by atoms with van der Waals surface area (Å²) in [6.45, 7) is 7.21. The molecule has 5 N–H and O–H groups in total. The van der Waals surface area contributed by atoms with Crippen molar-refractivity contribution in [1.82, 2.24) is 10.2 Å². The van der Waals surface area contributed by atoms with E-state index in [0.717, 1.165) is 5.56 Å². The second-order valence-electron chi connectivity index (χ2n) is 10.9. The molecule has 0 saturated heterocycles. The molecule has 4 rings (SSSR count). The van der Waals surface area contributed by atoms with E-state index in [1.54, 1.807) is 90.7 Å². The van der Waals surface area contributed by atoms with Crippen molar-refractivity contribution >= 4 is 39.2 Å². The molecule has 48 heavy (non-hydrogen) atoms. The smallest absolute Gasteiger partial charge is 0.414 e. The number of nitrogens with one attached hydrogen (secondary N) is 3. The Balaban J connectivity index is 1.51. The van der Waals surface area contributed by atoms with Crippen LogP contribution < -0.4 is 20.7 Å². The van der Waals surface area contributed by atoms with Crippen LogP contribution in [0.15, 0.2) is 102 Å². The summed E-state index contributed by atoms with van der Waals surface area (Å²) in [5.41, 5.74) is 3.24. The van der Waals surface area contributed by atoms with Crippen molar-refractivity contribution in [3.8, 4) is 11.1 Å². The second kappa shape index (κ2) is 16.1. The predicted molar refractivity (Wildman–Crippen MR) is 185 cm³/mol. The average molecular weight is 675 g/mol. The van der Waals surface area contributed by atoms with Crippen LogP contribution in [0.5, 0.6) is 0 Å². The van der Waals surface area contributed by atoms with E-state index in [0.29, 0.717) is 41.2 Å². The number of ether oxygens (including phenoxy) is 1.